The minimum atomic E-state index is -0.952. The summed E-state index contributed by atoms with van der Waals surface area (Å²) in [5.41, 5.74) is 4.82. The standard InChI is InChI=1S/C31H28FN5O3S/c32-25-14-20(16-33)4-5-23(25)19-41-30-3-1-2-26(35-30)21-8-11-36(12-9-21)18-29-34-27-7-6-22(31(38)39)15-28(27)37(29)17-24-10-13-40-24/h1-8,14-15,24H,9-13,17-19H2,(H,38,39)/t24-/m0/s1. The van der Waals surface area contributed by atoms with Crippen LogP contribution in [0.15, 0.2) is 65.7 Å². The molecule has 2 aromatic heterocycles. The molecule has 2 aliphatic rings. The highest BCUT2D eigenvalue weighted by Gasteiger charge is 2.24. The van der Waals surface area contributed by atoms with Crippen LogP contribution in [0, 0.1) is 17.1 Å². The van der Waals surface area contributed by atoms with Gasteiger partial charge in [0, 0.05) is 25.4 Å². The Bertz CT molecular complexity index is 1690. The number of nitriles is 1. The summed E-state index contributed by atoms with van der Waals surface area (Å²) in [4.78, 5) is 23.6. The molecular formula is C31H28FN5O3S. The molecule has 8 nitrogen and oxygen atoms in total. The summed E-state index contributed by atoms with van der Waals surface area (Å²) in [6.45, 7) is 3.64. The molecule has 41 heavy (non-hydrogen) atoms. The van der Waals surface area contributed by atoms with Crippen molar-refractivity contribution in [3.63, 3.8) is 0 Å². The van der Waals surface area contributed by atoms with Gasteiger partial charge in [-0.1, -0.05) is 18.2 Å². The molecule has 0 bridgehead atoms. The maximum Gasteiger partial charge on any atom is 0.335 e. The Hall–Kier alpha value is -4.04. The largest absolute Gasteiger partial charge is 0.478 e. The number of benzene rings is 2. The maximum absolute atomic E-state index is 14.3. The molecule has 1 saturated heterocycles. The molecule has 4 aromatic rings. The number of hydrogen-bond donors (Lipinski definition) is 1. The van der Waals surface area contributed by atoms with Crippen molar-refractivity contribution >= 4 is 34.3 Å². The highest BCUT2D eigenvalue weighted by molar-refractivity contribution is 7.98. The fourth-order valence-electron chi connectivity index (χ4n) is 5.11. The van der Waals surface area contributed by atoms with Gasteiger partial charge in [0.05, 0.1) is 58.1 Å². The molecule has 1 N–H and O–H groups in total. The molecule has 0 spiro atoms. The van der Waals surface area contributed by atoms with Crippen molar-refractivity contribution in [2.45, 2.75) is 42.8 Å². The van der Waals surface area contributed by atoms with Gasteiger partial charge in [-0.25, -0.2) is 19.2 Å². The number of carboxylic acid groups (broad SMARTS) is 1. The normalized spacial score (nSPS) is 17.2. The summed E-state index contributed by atoms with van der Waals surface area (Å²) < 4.78 is 22.1. The number of aromatic carboxylic acids is 1. The number of aromatic nitrogens is 3. The second-order valence-electron chi connectivity index (χ2n) is 10.2. The van der Waals surface area contributed by atoms with E-state index < -0.39 is 5.97 Å². The van der Waals surface area contributed by atoms with Crippen molar-refractivity contribution in [2.24, 2.45) is 0 Å². The molecule has 10 heteroatoms. The number of ether oxygens (including phenoxy) is 1. The molecule has 4 heterocycles. The average molecular weight is 570 g/mol. The fourth-order valence-corrected chi connectivity index (χ4v) is 5.98. The van der Waals surface area contributed by atoms with E-state index in [9.17, 15) is 14.3 Å². The van der Waals surface area contributed by atoms with E-state index in [0.29, 0.717) is 30.0 Å². The Kier molecular flexibility index (Phi) is 7.83. The van der Waals surface area contributed by atoms with E-state index >= 15 is 0 Å². The van der Waals surface area contributed by atoms with Crippen LogP contribution in [0.2, 0.25) is 0 Å². The Morgan fingerprint density at radius 1 is 1.20 bits per heavy atom. The van der Waals surface area contributed by atoms with Gasteiger partial charge in [-0.05, 0) is 66.4 Å². The summed E-state index contributed by atoms with van der Waals surface area (Å²) in [7, 11) is 0. The van der Waals surface area contributed by atoms with Crippen molar-refractivity contribution in [2.75, 3.05) is 19.7 Å². The number of imidazole rings is 1. The van der Waals surface area contributed by atoms with E-state index in [2.05, 4.69) is 15.5 Å². The number of thioether (sulfide) groups is 1. The van der Waals surface area contributed by atoms with Gasteiger partial charge in [0.1, 0.15) is 11.6 Å². The Morgan fingerprint density at radius 2 is 2.07 bits per heavy atom. The first kappa shape index (κ1) is 27.1. The van der Waals surface area contributed by atoms with Gasteiger partial charge in [-0.3, -0.25) is 4.90 Å². The van der Waals surface area contributed by atoms with Crippen LogP contribution in [-0.4, -0.2) is 56.3 Å². The summed E-state index contributed by atoms with van der Waals surface area (Å²) in [5.74, 6) is 0.00869. The van der Waals surface area contributed by atoms with Gasteiger partial charge in [0.2, 0.25) is 0 Å². The number of pyridine rings is 1. The zero-order valence-corrected chi connectivity index (χ0v) is 23.1. The lowest BCUT2D eigenvalue weighted by Crippen LogP contribution is -2.33. The SMILES string of the molecule is N#Cc1ccc(CSc2cccc(C3=CCN(Cc4nc5ccc(C(=O)O)cc5n4C[C@@H]4CCO4)CC3)n2)c(F)c1. The number of rotatable bonds is 9. The first-order valence-electron chi connectivity index (χ1n) is 13.5. The molecule has 0 unspecified atom stereocenters. The van der Waals surface area contributed by atoms with E-state index in [4.69, 9.17) is 20.0 Å². The second-order valence-corrected chi connectivity index (χ2v) is 11.2. The number of fused-ring (bicyclic) bond motifs is 1. The number of nitrogens with zero attached hydrogens (tertiary/aromatic N) is 5. The lowest BCUT2D eigenvalue weighted by atomic mass is 10.0. The minimum Gasteiger partial charge on any atom is -0.478 e. The second kappa shape index (κ2) is 11.8. The summed E-state index contributed by atoms with van der Waals surface area (Å²) >= 11 is 1.47. The summed E-state index contributed by atoms with van der Waals surface area (Å²) in [6.07, 6.45) is 4.14. The molecule has 1 fully saturated rings. The van der Waals surface area contributed by atoms with Gasteiger partial charge >= 0.3 is 5.97 Å². The van der Waals surface area contributed by atoms with Crippen LogP contribution in [0.1, 0.15) is 45.8 Å². The molecule has 0 aliphatic carbocycles. The number of carboxylic acids is 1. The Morgan fingerprint density at radius 3 is 2.78 bits per heavy atom. The maximum atomic E-state index is 14.3. The molecule has 0 radical (unpaired) electrons. The van der Waals surface area contributed by atoms with Crippen LogP contribution in [0.4, 0.5) is 4.39 Å². The lowest BCUT2D eigenvalue weighted by molar-refractivity contribution is -0.0591. The van der Waals surface area contributed by atoms with Crippen LogP contribution in [0.25, 0.3) is 16.6 Å². The molecule has 2 aromatic carbocycles. The number of carbonyl (C=O) groups is 1. The number of halogens is 1. The van der Waals surface area contributed by atoms with E-state index in [1.165, 1.54) is 23.4 Å². The highest BCUT2D eigenvalue weighted by Crippen LogP contribution is 2.28. The zero-order chi connectivity index (χ0) is 28.3. The predicted molar refractivity (Wildman–Crippen MR) is 154 cm³/mol. The third kappa shape index (κ3) is 6.03. The monoisotopic (exact) mass is 569 g/mol. The van der Waals surface area contributed by atoms with Crippen LogP contribution in [0.5, 0.6) is 0 Å². The van der Waals surface area contributed by atoms with Crippen molar-refractivity contribution in [1.29, 1.82) is 5.26 Å². The minimum absolute atomic E-state index is 0.122. The van der Waals surface area contributed by atoms with Gasteiger partial charge in [-0.2, -0.15) is 5.26 Å². The van der Waals surface area contributed by atoms with Crippen LogP contribution >= 0.6 is 11.8 Å². The van der Waals surface area contributed by atoms with Crippen LogP contribution < -0.4 is 0 Å². The quantitative estimate of drug-likeness (QED) is 0.263. The third-order valence-electron chi connectivity index (χ3n) is 7.52. The number of hydrogen-bond acceptors (Lipinski definition) is 7. The molecular weight excluding hydrogens is 541 g/mol. The van der Waals surface area contributed by atoms with Crippen molar-refractivity contribution < 1.29 is 19.0 Å². The average Bonchev–Trinajstić information content (AvgIpc) is 3.30. The smallest absolute Gasteiger partial charge is 0.335 e. The van der Waals surface area contributed by atoms with Crippen LogP contribution in [-0.2, 0) is 23.6 Å². The summed E-state index contributed by atoms with van der Waals surface area (Å²) in [6, 6.07) is 17.5. The van der Waals surface area contributed by atoms with Gasteiger partial charge < -0.3 is 14.4 Å². The first-order valence-corrected chi connectivity index (χ1v) is 14.5. The van der Waals surface area contributed by atoms with Gasteiger partial charge in [0.15, 0.2) is 0 Å². The van der Waals surface area contributed by atoms with E-state index in [1.54, 1.807) is 30.3 Å². The topological polar surface area (TPSA) is 104 Å². The predicted octanol–water partition coefficient (Wildman–Crippen LogP) is 5.51. The van der Waals surface area contributed by atoms with Crippen molar-refractivity contribution in [3.8, 4) is 6.07 Å². The molecule has 2 aliphatic heterocycles. The molecule has 208 valence electrons. The zero-order valence-electron chi connectivity index (χ0n) is 22.3. The van der Waals surface area contributed by atoms with E-state index in [-0.39, 0.29) is 17.5 Å². The lowest BCUT2D eigenvalue weighted by Gasteiger charge is -2.29. The Balaban J connectivity index is 1.14. The third-order valence-corrected chi connectivity index (χ3v) is 8.50. The van der Waals surface area contributed by atoms with E-state index in [0.717, 1.165) is 60.1 Å². The van der Waals surface area contributed by atoms with Gasteiger partial charge in [-0.15, -0.1) is 11.8 Å². The fraction of sp³-hybridized carbons (Fsp3) is 0.290. The molecule has 0 saturated carbocycles. The molecule has 1 atom stereocenters. The molecule has 6 rings (SSSR count). The molecule has 0 amide bonds. The summed E-state index contributed by atoms with van der Waals surface area (Å²) in [5, 5.41) is 19.3. The van der Waals surface area contributed by atoms with Crippen molar-refractivity contribution in [3.05, 3.63) is 94.7 Å². The van der Waals surface area contributed by atoms with E-state index in [1.807, 2.05) is 24.3 Å². The first-order chi connectivity index (χ1) is 20.0. The van der Waals surface area contributed by atoms with Gasteiger partial charge in [0.25, 0.3) is 0 Å². The van der Waals surface area contributed by atoms with Crippen LogP contribution in [0.3, 0.4) is 0 Å². The van der Waals surface area contributed by atoms with Crippen molar-refractivity contribution in [1.82, 2.24) is 19.4 Å². The highest BCUT2D eigenvalue weighted by atomic mass is 32.2. The Labute approximate surface area is 241 Å².